The van der Waals surface area contributed by atoms with Crippen molar-refractivity contribution in [1.29, 1.82) is 0 Å². The Morgan fingerprint density at radius 3 is 1.62 bits per heavy atom. The third-order valence-electron chi connectivity index (χ3n) is 5.85. The molecule has 108 valence electrons. The molecule has 0 radical (unpaired) electrons. The molecule has 0 N–H and O–H groups in total. The van der Waals surface area contributed by atoms with Gasteiger partial charge in [0, 0.05) is 0 Å². The summed E-state index contributed by atoms with van der Waals surface area (Å²) < 4.78 is 0. The van der Waals surface area contributed by atoms with Crippen LogP contribution in [0.4, 0.5) is 0 Å². The molecule has 4 aliphatic carbocycles. The second-order valence-corrected chi connectivity index (χ2v) is 7.02. The zero-order chi connectivity index (χ0) is 13.4. The van der Waals surface area contributed by atoms with Gasteiger partial charge < -0.3 is 1.43 Å². The summed E-state index contributed by atoms with van der Waals surface area (Å²) in [4.78, 5) is 0. The maximum Gasteiger partial charge on any atom is 1.00 e. The zero-order valence-electron chi connectivity index (χ0n) is 14.5. The molecule has 0 nitrogen and oxygen atoms in total. The molecule has 0 spiro atoms. The van der Waals surface area contributed by atoms with Crippen LogP contribution in [-0.4, -0.2) is 0 Å². The van der Waals surface area contributed by atoms with Crippen molar-refractivity contribution in [3.63, 3.8) is 0 Å². The molecule has 0 heterocycles. The minimum Gasteiger partial charge on any atom is -1.00 e. The molecule has 21 heavy (non-hydrogen) atoms. The predicted molar refractivity (Wildman–Crippen MR) is 86.6 cm³/mol. The largest absolute Gasteiger partial charge is 1.00 e. The molecule has 4 aliphatic rings. The van der Waals surface area contributed by atoms with Gasteiger partial charge in [-0.25, -0.2) is 0 Å². The van der Waals surface area contributed by atoms with Crippen molar-refractivity contribution in [2.75, 3.05) is 0 Å². The summed E-state index contributed by atoms with van der Waals surface area (Å²) in [5, 5.41) is 0. The van der Waals surface area contributed by atoms with Gasteiger partial charge in [-0.15, -0.1) is 0 Å². The Hall–Kier alpha value is -0.0400. The molecule has 1 heteroatoms. The van der Waals surface area contributed by atoms with E-state index >= 15 is 0 Å². The van der Waals surface area contributed by atoms with Gasteiger partial charge in [0.05, 0.1) is 0 Å². The van der Waals surface area contributed by atoms with E-state index < -0.39 is 0 Å². The summed E-state index contributed by atoms with van der Waals surface area (Å²) in [6.45, 7) is 0. The van der Waals surface area contributed by atoms with Gasteiger partial charge in [0.1, 0.15) is 0 Å². The molecule has 4 rings (SSSR count). The van der Waals surface area contributed by atoms with Gasteiger partial charge >= 0.3 is 29.6 Å². The van der Waals surface area contributed by atoms with Gasteiger partial charge in [-0.2, -0.15) is 0 Å². The van der Waals surface area contributed by atoms with Crippen LogP contribution in [0.25, 0.3) is 0 Å². The van der Waals surface area contributed by atoms with E-state index in [1.165, 1.54) is 64.2 Å². The van der Waals surface area contributed by atoms with Gasteiger partial charge in [0.15, 0.2) is 0 Å². The Bertz CT molecular complexity index is 476. The van der Waals surface area contributed by atoms with Crippen LogP contribution in [0, 0.1) is 11.8 Å². The molecular formula is C20H27Na. The molecule has 2 unspecified atom stereocenters. The molecular weight excluding hydrogens is 263 g/mol. The van der Waals surface area contributed by atoms with Crippen LogP contribution in [0.5, 0.6) is 0 Å². The van der Waals surface area contributed by atoms with E-state index in [2.05, 4.69) is 24.3 Å². The van der Waals surface area contributed by atoms with E-state index in [1.54, 1.807) is 22.3 Å². The van der Waals surface area contributed by atoms with Crippen LogP contribution in [-0.2, 0) is 0 Å². The number of hydrogen-bond acceptors (Lipinski definition) is 0. The van der Waals surface area contributed by atoms with Gasteiger partial charge in [-0.3, -0.25) is 0 Å². The summed E-state index contributed by atoms with van der Waals surface area (Å²) >= 11 is 0. The van der Waals surface area contributed by atoms with E-state index in [0.29, 0.717) is 0 Å². The Balaban J connectivity index is 0.000000882. The van der Waals surface area contributed by atoms with Crippen molar-refractivity contribution in [3.05, 3.63) is 46.6 Å². The van der Waals surface area contributed by atoms with Crippen LogP contribution in [0.15, 0.2) is 46.6 Å². The van der Waals surface area contributed by atoms with Crippen LogP contribution in [0.3, 0.4) is 0 Å². The summed E-state index contributed by atoms with van der Waals surface area (Å²) in [5.74, 6) is 1.57. The number of allylic oxidation sites excluding steroid dienone is 8. The van der Waals surface area contributed by atoms with Gasteiger partial charge in [0.2, 0.25) is 0 Å². The fourth-order valence-corrected chi connectivity index (χ4v) is 4.73. The van der Waals surface area contributed by atoms with Crippen molar-refractivity contribution < 1.29 is 31.0 Å². The van der Waals surface area contributed by atoms with Crippen LogP contribution >= 0.6 is 0 Å². The first kappa shape index (κ1) is 15.8. The Morgan fingerprint density at radius 1 is 0.714 bits per heavy atom. The minimum atomic E-state index is 0. The zero-order valence-corrected chi connectivity index (χ0v) is 15.5. The molecule has 0 fully saturated rings. The topological polar surface area (TPSA) is 0 Å². The normalized spacial score (nSPS) is 30.5. The van der Waals surface area contributed by atoms with Gasteiger partial charge in [0.25, 0.3) is 0 Å². The summed E-state index contributed by atoms with van der Waals surface area (Å²) in [5.41, 5.74) is 6.99. The Labute approximate surface area is 153 Å². The first-order valence-corrected chi connectivity index (χ1v) is 8.72. The van der Waals surface area contributed by atoms with Gasteiger partial charge in [-0.05, 0) is 87.2 Å². The smallest absolute Gasteiger partial charge is 1.00 e. The Kier molecular flexibility index (Phi) is 5.30. The standard InChI is InChI=1S/C20H26.Na.H/c1-3-7-19-15(5-1)9-11-17(19)13-14-18-12-10-16-6-2-4-8-20(16)18;;/h9-12,17-18H,1-8,13-14H2;;/q;+1;-1. The molecule has 0 aromatic heterocycles. The van der Waals surface area contributed by atoms with Crippen molar-refractivity contribution in [1.82, 2.24) is 0 Å². The second-order valence-electron chi connectivity index (χ2n) is 7.02. The van der Waals surface area contributed by atoms with E-state index in [0.717, 1.165) is 11.8 Å². The first-order chi connectivity index (χ1) is 9.92. The summed E-state index contributed by atoms with van der Waals surface area (Å²) in [7, 11) is 0. The monoisotopic (exact) mass is 290 g/mol. The van der Waals surface area contributed by atoms with Crippen molar-refractivity contribution in [3.8, 4) is 0 Å². The minimum absolute atomic E-state index is 0. The third-order valence-corrected chi connectivity index (χ3v) is 5.85. The predicted octanol–water partition coefficient (Wildman–Crippen LogP) is 3.00. The molecule has 0 aliphatic heterocycles. The van der Waals surface area contributed by atoms with Crippen LogP contribution in [0.2, 0.25) is 0 Å². The SMILES string of the molecule is C1=CC(CCC2C=CC3=C2CCCC3)C2=C1CCCC2.[H-].[Na+]. The molecule has 0 saturated heterocycles. The van der Waals surface area contributed by atoms with E-state index in [1.807, 2.05) is 0 Å². The van der Waals surface area contributed by atoms with Crippen molar-refractivity contribution >= 4 is 0 Å². The number of hydrogen-bond donors (Lipinski definition) is 0. The Morgan fingerprint density at radius 2 is 1.14 bits per heavy atom. The first-order valence-electron chi connectivity index (χ1n) is 8.72. The molecule has 0 aromatic rings. The van der Waals surface area contributed by atoms with E-state index in [-0.39, 0.29) is 31.0 Å². The van der Waals surface area contributed by atoms with Gasteiger partial charge in [-0.1, -0.05) is 35.5 Å². The van der Waals surface area contributed by atoms with E-state index in [4.69, 9.17) is 0 Å². The molecule has 0 bridgehead atoms. The third kappa shape index (κ3) is 3.19. The fraction of sp³-hybridized carbons (Fsp3) is 0.600. The average molecular weight is 290 g/mol. The summed E-state index contributed by atoms with van der Waals surface area (Å²) in [6, 6.07) is 0. The van der Waals surface area contributed by atoms with Crippen LogP contribution in [0.1, 0.15) is 65.6 Å². The van der Waals surface area contributed by atoms with Crippen LogP contribution < -0.4 is 29.6 Å². The average Bonchev–Trinajstić information content (AvgIpc) is 3.09. The van der Waals surface area contributed by atoms with Crippen molar-refractivity contribution in [2.24, 2.45) is 11.8 Å². The molecule has 0 aromatic carbocycles. The van der Waals surface area contributed by atoms with Crippen molar-refractivity contribution in [2.45, 2.75) is 64.2 Å². The maximum atomic E-state index is 2.50. The number of rotatable bonds is 3. The molecule has 2 atom stereocenters. The second kappa shape index (κ2) is 7.02. The maximum absolute atomic E-state index is 2.50. The van der Waals surface area contributed by atoms with E-state index in [9.17, 15) is 0 Å². The summed E-state index contributed by atoms with van der Waals surface area (Å²) in [6.07, 6.45) is 23.8. The molecule has 0 amide bonds. The molecule has 0 saturated carbocycles. The quantitative estimate of drug-likeness (QED) is 0.701. The fourth-order valence-electron chi connectivity index (χ4n) is 4.73.